The Kier molecular flexibility index (Phi) is 36.9. The van der Waals surface area contributed by atoms with Crippen molar-refractivity contribution in [1.29, 1.82) is 0 Å². The summed E-state index contributed by atoms with van der Waals surface area (Å²) in [5, 5.41) is 13.8. The zero-order valence-electron chi connectivity index (χ0n) is 36.4. The summed E-state index contributed by atoms with van der Waals surface area (Å²) >= 11 is 0. The van der Waals surface area contributed by atoms with E-state index < -0.39 is 20.0 Å². The number of amides is 1. The Hall–Kier alpha value is -1.54. The van der Waals surface area contributed by atoms with Crippen molar-refractivity contribution in [3.63, 3.8) is 0 Å². The number of likely N-dealkylation sites (N-methyl/N-ethyl adjacent to an activating group) is 1. The Balaban J connectivity index is 4.44. The molecule has 55 heavy (non-hydrogen) atoms. The lowest BCUT2D eigenvalue weighted by molar-refractivity contribution is -0.870. The molecule has 0 aromatic heterocycles. The Morgan fingerprint density at radius 2 is 1.05 bits per heavy atom. The molecule has 0 fully saturated rings. The van der Waals surface area contributed by atoms with E-state index in [2.05, 4.69) is 55.6 Å². The molecule has 3 N–H and O–H groups in total. The van der Waals surface area contributed by atoms with Gasteiger partial charge in [-0.15, -0.1) is 0 Å². The van der Waals surface area contributed by atoms with Gasteiger partial charge in [0.15, 0.2) is 0 Å². The van der Waals surface area contributed by atoms with E-state index in [9.17, 15) is 19.4 Å². The summed E-state index contributed by atoms with van der Waals surface area (Å²) in [5.74, 6) is -0.193. The first-order valence-electron chi connectivity index (χ1n) is 22.5. The lowest BCUT2D eigenvalue weighted by Crippen LogP contribution is -2.45. The third kappa shape index (κ3) is 40.5. The molecular formula is C46H88N2O6P+. The topological polar surface area (TPSA) is 105 Å². The second-order valence-electron chi connectivity index (χ2n) is 16.4. The van der Waals surface area contributed by atoms with Gasteiger partial charge in [0.05, 0.1) is 39.9 Å². The van der Waals surface area contributed by atoms with Crippen LogP contribution in [0.2, 0.25) is 0 Å². The Morgan fingerprint density at radius 3 is 1.60 bits per heavy atom. The van der Waals surface area contributed by atoms with Gasteiger partial charge in [0.25, 0.3) is 0 Å². The lowest BCUT2D eigenvalue weighted by atomic mass is 10.0. The van der Waals surface area contributed by atoms with Crippen LogP contribution < -0.4 is 5.32 Å². The van der Waals surface area contributed by atoms with Crippen molar-refractivity contribution in [2.24, 2.45) is 0 Å². The molecule has 0 bridgehead atoms. The molecule has 322 valence electrons. The first-order valence-corrected chi connectivity index (χ1v) is 24.0. The smallest absolute Gasteiger partial charge is 0.387 e. The third-order valence-electron chi connectivity index (χ3n) is 9.80. The first-order chi connectivity index (χ1) is 26.5. The molecule has 0 spiro atoms. The number of hydrogen-bond donors (Lipinski definition) is 3. The fraction of sp³-hybridized carbons (Fsp3) is 0.804. The number of rotatable bonds is 40. The molecule has 0 aliphatic rings. The molecule has 8 nitrogen and oxygen atoms in total. The van der Waals surface area contributed by atoms with Crippen LogP contribution in [0.15, 0.2) is 48.6 Å². The van der Waals surface area contributed by atoms with Crippen molar-refractivity contribution in [2.45, 2.75) is 199 Å². The zero-order chi connectivity index (χ0) is 40.7. The number of allylic oxidation sites excluding steroid dienone is 7. The summed E-state index contributed by atoms with van der Waals surface area (Å²) in [6.45, 7) is 4.75. The van der Waals surface area contributed by atoms with Crippen LogP contribution in [-0.2, 0) is 18.4 Å². The average Bonchev–Trinajstić information content (AvgIpc) is 3.13. The number of unbranched alkanes of at least 4 members (excludes halogenated alkanes) is 22. The molecule has 0 aliphatic carbocycles. The fourth-order valence-electron chi connectivity index (χ4n) is 6.16. The highest BCUT2D eigenvalue weighted by atomic mass is 31.2. The van der Waals surface area contributed by atoms with Gasteiger partial charge in [-0.25, -0.2) is 4.57 Å². The molecule has 0 saturated carbocycles. The number of nitrogens with zero attached hydrogens (tertiary/aromatic N) is 1. The monoisotopic (exact) mass is 796 g/mol. The molecule has 0 aromatic carbocycles. The normalized spacial score (nSPS) is 14.8. The number of aliphatic hydroxyl groups is 1. The number of carbonyl (C=O) groups excluding carboxylic acids is 1. The minimum atomic E-state index is -4.35. The standard InChI is InChI=1S/C46H87N2O6P/c1-6-8-10-12-14-16-18-20-22-23-24-25-26-28-30-32-34-36-38-40-46(50)47-44(43-54-55(51,52)53-42-41-48(3,4)5)45(49)39-37-35-33-31-29-27-21-19-17-15-13-11-9-7-2/h14,16,18,20,29,31,37,39,44-45,49H,6-13,15,17,19,21-28,30,32-36,38,40-43H2,1-5H3,(H-,47,50,51,52)/p+1/b16-14-,20-18-,31-29+,39-37+. The summed E-state index contributed by atoms with van der Waals surface area (Å²) in [6, 6.07) is -0.864. The number of carbonyl (C=O) groups is 1. The number of nitrogens with one attached hydrogen (secondary N) is 1. The van der Waals surface area contributed by atoms with Crippen LogP contribution in [0.1, 0.15) is 187 Å². The van der Waals surface area contributed by atoms with Gasteiger partial charge in [-0.1, -0.05) is 172 Å². The minimum absolute atomic E-state index is 0.0543. The van der Waals surface area contributed by atoms with Crippen molar-refractivity contribution in [1.82, 2.24) is 5.32 Å². The summed E-state index contributed by atoms with van der Waals surface area (Å²) in [7, 11) is 1.55. The third-order valence-corrected chi connectivity index (χ3v) is 10.8. The van der Waals surface area contributed by atoms with Gasteiger partial charge in [-0.3, -0.25) is 13.8 Å². The molecule has 9 heteroatoms. The predicted molar refractivity (Wildman–Crippen MR) is 235 cm³/mol. The van der Waals surface area contributed by atoms with Gasteiger partial charge in [0.2, 0.25) is 5.91 Å². The molecule has 0 rings (SSSR count). The van der Waals surface area contributed by atoms with E-state index in [1.54, 1.807) is 6.08 Å². The molecule has 0 heterocycles. The van der Waals surface area contributed by atoms with Gasteiger partial charge in [-0.05, 0) is 57.8 Å². The highest BCUT2D eigenvalue weighted by molar-refractivity contribution is 7.47. The van der Waals surface area contributed by atoms with E-state index in [0.717, 1.165) is 38.5 Å². The SMILES string of the molecule is CCCCC/C=C\C=C/CCCCCCCCCCCCC(=O)NC(COP(=O)(O)OCC[N+](C)(C)C)C(O)/C=C/CC/C=C/CCCCCCCCCC. The predicted octanol–water partition coefficient (Wildman–Crippen LogP) is 12.5. The summed E-state index contributed by atoms with van der Waals surface area (Å²) in [6.07, 6.45) is 47.5. The van der Waals surface area contributed by atoms with Crippen molar-refractivity contribution in [3.05, 3.63) is 48.6 Å². The van der Waals surface area contributed by atoms with Crippen molar-refractivity contribution < 1.29 is 32.9 Å². The quantitative estimate of drug-likeness (QED) is 0.0188. The molecule has 0 saturated heterocycles. The second-order valence-corrected chi connectivity index (χ2v) is 17.9. The summed E-state index contributed by atoms with van der Waals surface area (Å²) in [4.78, 5) is 23.1. The van der Waals surface area contributed by atoms with Gasteiger partial charge < -0.3 is 19.8 Å². The number of quaternary nitrogens is 1. The zero-order valence-corrected chi connectivity index (χ0v) is 37.3. The number of hydrogen-bond acceptors (Lipinski definition) is 5. The molecule has 3 unspecified atom stereocenters. The van der Waals surface area contributed by atoms with E-state index in [-0.39, 0.29) is 19.1 Å². The Bertz CT molecular complexity index is 1040. The van der Waals surface area contributed by atoms with Crippen LogP contribution in [0.4, 0.5) is 0 Å². The van der Waals surface area contributed by atoms with E-state index in [1.165, 1.54) is 128 Å². The first kappa shape index (κ1) is 53.5. The molecule has 0 radical (unpaired) electrons. The van der Waals surface area contributed by atoms with E-state index >= 15 is 0 Å². The molecule has 3 atom stereocenters. The second kappa shape index (κ2) is 38.0. The van der Waals surface area contributed by atoms with Gasteiger partial charge >= 0.3 is 7.82 Å². The van der Waals surface area contributed by atoms with Crippen molar-refractivity contribution in [3.8, 4) is 0 Å². The number of phosphoric ester groups is 1. The number of aliphatic hydroxyl groups excluding tert-OH is 1. The van der Waals surface area contributed by atoms with Gasteiger partial charge in [0, 0.05) is 6.42 Å². The highest BCUT2D eigenvalue weighted by Gasteiger charge is 2.27. The minimum Gasteiger partial charge on any atom is -0.387 e. The molecular weight excluding hydrogens is 707 g/mol. The Morgan fingerprint density at radius 1 is 0.618 bits per heavy atom. The van der Waals surface area contributed by atoms with Gasteiger partial charge in [0.1, 0.15) is 13.2 Å². The van der Waals surface area contributed by atoms with Crippen LogP contribution in [0.3, 0.4) is 0 Å². The maximum Gasteiger partial charge on any atom is 0.472 e. The van der Waals surface area contributed by atoms with Crippen LogP contribution in [-0.4, -0.2) is 73.4 Å². The maximum atomic E-state index is 12.9. The van der Waals surface area contributed by atoms with Gasteiger partial charge in [-0.2, -0.15) is 0 Å². The molecule has 0 aliphatic heterocycles. The van der Waals surface area contributed by atoms with E-state index in [1.807, 2.05) is 27.2 Å². The van der Waals surface area contributed by atoms with Crippen molar-refractivity contribution >= 4 is 13.7 Å². The van der Waals surface area contributed by atoms with Crippen LogP contribution in [0.5, 0.6) is 0 Å². The van der Waals surface area contributed by atoms with E-state index in [0.29, 0.717) is 17.4 Å². The largest absolute Gasteiger partial charge is 0.472 e. The average molecular weight is 796 g/mol. The molecule has 1 amide bonds. The van der Waals surface area contributed by atoms with E-state index in [4.69, 9.17) is 9.05 Å². The molecule has 0 aromatic rings. The lowest BCUT2D eigenvalue weighted by Gasteiger charge is -2.25. The Labute approximate surface area is 339 Å². The van der Waals surface area contributed by atoms with Crippen LogP contribution in [0.25, 0.3) is 0 Å². The fourth-order valence-corrected chi connectivity index (χ4v) is 6.90. The van der Waals surface area contributed by atoms with Crippen molar-refractivity contribution in [2.75, 3.05) is 40.9 Å². The summed E-state index contributed by atoms with van der Waals surface area (Å²) in [5.41, 5.74) is 0. The maximum absolute atomic E-state index is 12.9. The highest BCUT2D eigenvalue weighted by Crippen LogP contribution is 2.43. The number of phosphoric acid groups is 1. The van der Waals surface area contributed by atoms with Crippen LogP contribution in [0, 0.1) is 0 Å². The summed E-state index contributed by atoms with van der Waals surface area (Å²) < 4.78 is 23.5. The van der Waals surface area contributed by atoms with Crippen LogP contribution >= 0.6 is 7.82 Å².